The zero-order chi connectivity index (χ0) is 22.5. The molecule has 10 heteroatoms. The average Bonchev–Trinajstić information content (AvgIpc) is 3.37. The monoisotopic (exact) mass is 440 g/mol. The average molecular weight is 440 g/mol. The van der Waals surface area contributed by atoms with Crippen LogP contribution in [0.1, 0.15) is 47.8 Å². The highest BCUT2D eigenvalue weighted by molar-refractivity contribution is 5.91. The van der Waals surface area contributed by atoms with Crippen LogP contribution in [-0.4, -0.2) is 46.1 Å². The highest BCUT2D eigenvalue weighted by atomic mass is 19.1. The first-order valence-electron chi connectivity index (χ1n) is 10.6. The fraction of sp³-hybridized carbons (Fsp3) is 0.409. The molecule has 2 aliphatic heterocycles. The first kappa shape index (κ1) is 20.5. The van der Waals surface area contributed by atoms with Gasteiger partial charge in [0.25, 0.3) is 5.91 Å². The third kappa shape index (κ3) is 3.49. The van der Waals surface area contributed by atoms with Crippen LogP contribution < -0.4 is 10.6 Å². The van der Waals surface area contributed by atoms with Crippen molar-refractivity contribution >= 4 is 24.0 Å². The molecule has 2 unspecified atom stereocenters. The predicted octanol–water partition coefficient (Wildman–Crippen LogP) is 2.42. The molecule has 166 valence electrons. The first-order chi connectivity index (χ1) is 15.4. The Morgan fingerprint density at radius 1 is 1.19 bits per heavy atom. The smallest absolute Gasteiger partial charge is 0.267 e. The molecule has 1 spiro atoms. The third-order valence-corrected chi connectivity index (χ3v) is 6.67. The fourth-order valence-corrected chi connectivity index (χ4v) is 4.84. The number of amides is 2. The normalized spacial score (nSPS) is 23.6. The summed E-state index contributed by atoms with van der Waals surface area (Å²) in [6.07, 6.45) is 5.69. The van der Waals surface area contributed by atoms with Crippen LogP contribution in [0.5, 0.6) is 0 Å². The standard InChI is InChI=1S/C22H22F2N6O2/c23-13-1-2-16(24)14(11-13)18-4-9-27-30(18)20(32)15-5-10-29(12-22(15)6-7-22)21-26-8-3-17(28-21)19(25)31/h1-3,8-9,11,15,18H,4-7,10,12H2,(H2,25,31). The van der Waals surface area contributed by atoms with Gasteiger partial charge in [0.15, 0.2) is 0 Å². The number of nitrogens with zero attached hydrogens (tertiary/aromatic N) is 5. The Labute approximate surface area is 183 Å². The number of nitrogens with two attached hydrogens (primary N) is 1. The summed E-state index contributed by atoms with van der Waals surface area (Å²) in [5.74, 6) is -1.77. The number of hydrazone groups is 1. The highest BCUT2D eigenvalue weighted by Gasteiger charge is 2.57. The van der Waals surface area contributed by atoms with Crippen LogP contribution >= 0.6 is 0 Å². The van der Waals surface area contributed by atoms with Gasteiger partial charge in [-0.1, -0.05) is 0 Å². The Hall–Kier alpha value is -3.43. The number of hydrogen-bond acceptors (Lipinski definition) is 6. The second-order valence-corrected chi connectivity index (χ2v) is 8.63. The molecular formula is C22H22F2N6O2. The van der Waals surface area contributed by atoms with Gasteiger partial charge in [0.2, 0.25) is 11.9 Å². The number of primary amides is 1. The van der Waals surface area contributed by atoms with Gasteiger partial charge in [-0.2, -0.15) is 5.10 Å². The van der Waals surface area contributed by atoms with Crippen molar-refractivity contribution in [3.8, 4) is 0 Å². The van der Waals surface area contributed by atoms with E-state index in [2.05, 4.69) is 15.1 Å². The van der Waals surface area contributed by atoms with Gasteiger partial charge >= 0.3 is 0 Å². The molecule has 1 saturated carbocycles. The molecule has 0 bridgehead atoms. The van der Waals surface area contributed by atoms with E-state index in [1.165, 1.54) is 17.3 Å². The Bertz CT molecular complexity index is 1120. The van der Waals surface area contributed by atoms with Crippen LogP contribution in [-0.2, 0) is 4.79 Å². The largest absolute Gasteiger partial charge is 0.364 e. The number of anilines is 1. The van der Waals surface area contributed by atoms with Gasteiger partial charge in [0.1, 0.15) is 17.3 Å². The molecule has 0 radical (unpaired) electrons. The summed E-state index contributed by atoms with van der Waals surface area (Å²) in [6, 6.07) is 4.08. The van der Waals surface area contributed by atoms with Crippen molar-refractivity contribution in [1.29, 1.82) is 0 Å². The molecule has 32 heavy (non-hydrogen) atoms. The summed E-state index contributed by atoms with van der Waals surface area (Å²) in [5, 5.41) is 5.54. The molecule has 3 aliphatic rings. The van der Waals surface area contributed by atoms with Gasteiger partial charge in [-0.25, -0.2) is 23.8 Å². The first-order valence-corrected chi connectivity index (χ1v) is 10.6. The Morgan fingerprint density at radius 2 is 2.00 bits per heavy atom. The van der Waals surface area contributed by atoms with E-state index in [-0.39, 0.29) is 28.5 Å². The molecule has 1 aromatic heterocycles. The molecule has 2 fully saturated rings. The number of benzene rings is 1. The number of carbonyl (C=O) groups excluding carboxylic acids is 2. The summed E-state index contributed by atoms with van der Waals surface area (Å²) >= 11 is 0. The number of rotatable bonds is 4. The minimum atomic E-state index is -0.650. The van der Waals surface area contributed by atoms with Crippen molar-refractivity contribution in [1.82, 2.24) is 15.0 Å². The van der Waals surface area contributed by atoms with Crippen molar-refractivity contribution in [3.63, 3.8) is 0 Å². The van der Waals surface area contributed by atoms with E-state index in [4.69, 9.17) is 5.73 Å². The maximum Gasteiger partial charge on any atom is 0.267 e. The molecule has 2 atom stereocenters. The topological polar surface area (TPSA) is 105 Å². The predicted molar refractivity (Wildman–Crippen MR) is 112 cm³/mol. The number of carbonyl (C=O) groups is 2. The molecule has 5 rings (SSSR count). The quantitative estimate of drug-likeness (QED) is 0.786. The Balaban J connectivity index is 1.35. The SMILES string of the molecule is NC(=O)c1ccnc(N2CCC(C(=O)N3N=CCC3c3cc(F)ccc3F)C3(CC3)C2)n1. The summed E-state index contributed by atoms with van der Waals surface area (Å²) in [4.78, 5) is 35.5. The molecular weight excluding hydrogens is 418 g/mol. The highest BCUT2D eigenvalue weighted by Crippen LogP contribution is 2.57. The van der Waals surface area contributed by atoms with E-state index in [1.54, 1.807) is 6.21 Å². The molecule has 1 aliphatic carbocycles. The van der Waals surface area contributed by atoms with Crippen LogP contribution in [0.3, 0.4) is 0 Å². The van der Waals surface area contributed by atoms with Gasteiger partial charge in [-0.05, 0) is 48.9 Å². The van der Waals surface area contributed by atoms with Gasteiger partial charge in [-0.15, -0.1) is 0 Å². The number of piperidine rings is 1. The van der Waals surface area contributed by atoms with Crippen molar-refractivity contribution in [2.45, 2.75) is 31.7 Å². The summed E-state index contributed by atoms with van der Waals surface area (Å²) in [5.41, 5.74) is 5.36. The molecule has 3 heterocycles. The summed E-state index contributed by atoms with van der Waals surface area (Å²) in [7, 11) is 0. The third-order valence-electron chi connectivity index (χ3n) is 6.67. The molecule has 1 saturated heterocycles. The van der Waals surface area contributed by atoms with Gasteiger partial charge < -0.3 is 10.6 Å². The lowest BCUT2D eigenvalue weighted by atomic mass is 9.81. The lowest BCUT2D eigenvalue weighted by molar-refractivity contribution is -0.140. The minimum absolute atomic E-state index is 0.134. The molecule has 8 nitrogen and oxygen atoms in total. The van der Waals surface area contributed by atoms with Gasteiger partial charge in [0, 0.05) is 43.4 Å². The number of aromatic nitrogens is 2. The van der Waals surface area contributed by atoms with E-state index in [0.29, 0.717) is 31.9 Å². The van der Waals surface area contributed by atoms with Crippen LogP contribution in [0, 0.1) is 23.0 Å². The van der Waals surface area contributed by atoms with Crippen LogP contribution in [0.15, 0.2) is 35.6 Å². The Morgan fingerprint density at radius 3 is 2.75 bits per heavy atom. The maximum absolute atomic E-state index is 14.4. The second kappa shape index (κ2) is 7.61. The fourth-order valence-electron chi connectivity index (χ4n) is 4.84. The van der Waals surface area contributed by atoms with Gasteiger partial charge in [-0.3, -0.25) is 9.59 Å². The number of halogens is 2. The minimum Gasteiger partial charge on any atom is -0.364 e. The van der Waals surface area contributed by atoms with E-state index < -0.39 is 23.6 Å². The molecule has 1 aromatic carbocycles. The molecule has 2 N–H and O–H groups in total. The van der Waals surface area contributed by atoms with Crippen molar-refractivity contribution < 1.29 is 18.4 Å². The van der Waals surface area contributed by atoms with E-state index in [9.17, 15) is 18.4 Å². The van der Waals surface area contributed by atoms with Crippen molar-refractivity contribution in [2.75, 3.05) is 18.0 Å². The van der Waals surface area contributed by atoms with Crippen LogP contribution in [0.4, 0.5) is 14.7 Å². The summed E-state index contributed by atoms with van der Waals surface area (Å²) in [6.45, 7) is 1.10. The van der Waals surface area contributed by atoms with Gasteiger partial charge in [0.05, 0.1) is 6.04 Å². The van der Waals surface area contributed by atoms with Crippen LogP contribution in [0.25, 0.3) is 0 Å². The maximum atomic E-state index is 14.4. The Kier molecular flexibility index (Phi) is 4.87. The van der Waals surface area contributed by atoms with Crippen molar-refractivity contribution in [3.05, 3.63) is 53.4 Å². The number of hydrogen-bond donors (Lipinski definition) is 1. The second-order valence-electron chi connectivity index (χ2n) is 8.63. The van der Waals surface area contributed by atoms with Crippen molar-refractivity contribution in [2.24, 2.45) is 22.2 Å². The van der Waals surface area contributed by atoms with E-state index >= 15 is 0 Å². The molecule has 2 amide bonds. The lowest BCUT2D eigenvalue weighted by Crippen LogP contribution is -2.48. The summed E-state index contributed by atoms with van der Waals surface area (Å²) < 4.78 is 28.1. The molecule has 2 aromatic rings. The zero-order valence-electron chi connectivity index (χ0n) is 17.2. The van der Waals surface area contributed by atoms with Crippen LogP contribution in [0.2, 0.25) is 0 Å². The lowest BCUT2D eigenvalue weighted by Gasteiger charge is -2.40. The zero-order valence-corrected chi connectivity index (χ0v) is 17.2. The van der Waals surface area contributed by atoms with E-state index in [0.717, 1.165) is 31.0 Å². The van der Waals surface area contributed by atoms with E-state index in [1.807, 2.05) is 4.90 Å².